The first-order chi connectivity index (χ1) is 16.7. The van der Waals surface area contributed by atoms with Gasteiger partial charge in [0.05, 0.1) is 11.7 Å². The largest absolute Gasteiger partial charge is 0.473 e. The van der Waals surface area contributed by atoms with E-state index in [1.807, 2.05) is 24.3 Å². The molecule has 2 aliphatic rings. The molecule has 3 rings (SSSR count). The minimum atomic E-state index is -0.0685. The first-order valence-corrected chi connectivity index (χ1v) is 13.8. The summed E-state index contributed by atoms with van der Waals surface area (Å²) < 4.78 is 11.1. The van der Waals surface area contributed by atoms with Crippen molar-refractivity contribution >= 4 is 23.6 Å². The molecule has 1 amide bonds. The number of nitrogens with one attached hydrogen (secondary N) is 1. The normalized spacial score (nSPS) is 17.5. The Morgan fingerprint density at radius 2 is 1.91 bits per heavy atom. The Morgan fingerprint density at radius 1 is 1.12 bits per heavy atom. The van der Waals surface area contributed by atoms with Gasteiger partial charge in [-0.1, -0.05) is 31.8 Å². The van der Waals surface area contributed by atoms with E-state index in [1.54, 1.807) is 6.20 Å². The lowest BCUT2D eigenvalue weighted by atomic mass is 9.89. The summed E-state index contributed by atoms with van der Waals surface area (Å²) in [6, 6.07) is 4.06. The van der Waals surface area contributed by atoms with Crippen molar-refractivity contribution in [1.29, 1.82) is 0 Å². The topological polar surface area (TPSA) is 80.8 Å². The summed E-state index contributed by atoms with van der Waals surface area (Å²) in [7, 11) is 0. The van der Waals surface area contributed by atoms with Gasteiger partial charge in [0.1, 0.15) is 13.2 Å². The van der Waals surface area contributed by atoms with Gasteiger partial charge in [-0.2, -0.15) is 0 Å². The van der Waals surface area contributed by atoms with Crippen LogP contribution >= 0.6 is 11.8 Å². The van der Waals surface area contributed by atoms with Crippen LogP contribution < -0.4 is 10.1 Å². The molecule has 0 spiro atoms. The number of nitrogens with zero attached hydrogens (tertiary/aromatic N) is 2. The average Bonchev–Trinajstić information content (AvgIpc) is 2.87. The van der Waals surface area contributed by atoms with Gasteiger partial charge < -0.3 is 14.8 Å². The standard InChI is InChI=1S/C26H39N3O4S/c30-24(21-34-18-17-33-26(31)23-9-3-1-4-10-23)27-12-5-8-16-32-25-19-22(11-13-28-25)20-29-14-6-2-7-15-29/h5,8,11,13,19,23H,1-4,6-7,9-10,12,14-18,20-21H2,(H,27,30)/b8-5-. The number of hydrogen-bond acceptors (Lipinski definition) is 7. The second-order valence-electron chi connectivity index (χ2n) is 8.98. The maximum Gasteiger partial charge on any atom is 0.308 e. The zero-order chi connectivity index (χ0) is 23.8. The van der Waals surface area contributed by atoms with E-state index in [-0.39, 0.29) is 17.8 Å². The minimum Gasteiger partial charge on any atom is -0.473 e. The molecule has 2 fully saturated rings. The molecule has 1 aromatic heterocycles. The van der Waals surface area contributed by atoms with Gasteiger partial charge in [-0.3, -0.25) is 14.5 Å². The minimum absolute atomic E-state index is 0.0266. The van der Waals surface area contributed by atoms with Crippen molar-refractivity contribution in [3.05, 3.63) is 36.0 Å². The van der Waals surface area contributed by atoms with Gasteiger partial charge in [-0.15, -0.1) is 11.8 Å². The number of carbonyl (C=O) groups excluding carboxylic acids is 2. The number of amides is 1. The van der Waals surface area contributed by atoms with Gasteiger partial charge in [-0.25, -0.2) is 4.98 Å². The molecule has 1 saturated carbocycles. The molecule has 188 valence electrons. The number of esters is 1. The molecule has 1 aliphatic heterocycles. The molecule has 0 atom stereocenters. The molecule has 8 heteroatoms. The number of aromatic nitrogens is 1. The molecule has 1 saturated heterocycles. The van der Waals surface area contributed by atoms with Gasteiger partial charge in [-0.05, 0) is 56.5 Å². The van der Waals surface area contributed by atoms with Crippen LogP contribution in [0.5, 0.6) is 5.88 Å². The second kappa shape index (κ2) is 15.8. The molecule has 1 aromatic rings. The van der Waals surface area contributed by atoms with E-state index in [1.165, 1.54) is 56.1 Å². The number of pyridine rings is 1. The van der Waals surface area contributed by atoms with E-state index in [0.717, 1.165) is 32.2 Å². The Morgan fingerprint density at radius 3 is 2.74 bits per heavy atom. The summed E-state index contributed by atoms with van der Waals surface area (Å²) in [6.07, 6.45) is 14.8. The van der Waals surface area contributed by atoms with Crippen LogP contribution in [-0.2, 0) is 20.9 Å². The van der Waals surface area contributed by atoms with E-state index in [9.17, 15) is 9.59 Å². The van der Waals surface area contributed by atoms with Gasteiger partial charge >= 0.3 is 5.97 Å². The number of piperidine rings is 1. The predicted molar refractivity (Wildman–Crippen MR) is 136 cm³/mol. The Bertz CT molecular complexity index is 777. The maximum atomic E-state index is 12.0. The molecule has 2 heterocycles. The average molecular weight is 490 g/mol. The van der Waals surface area contributed by atoms with Gasteiger partial charge in [0.15, 0.2) is 0 Å². The zero-order valence-corrected chi connectivity index (χ0v) is 21.0. The fourth-order valence-electron chi connectivity index (χ4n) is 4.33. The summed E-state index contributed by atoms with van der Waals surface area (Å²) in [6.45, 7) is 4.53. The monoisotopic (exact) mass is 489 g/mol. The van der Waals surface area contributed by atoms with E-state index in [4.69, 9.17) is 9.47 Å². The van der Waals surface area contributed by atoms with Crippen LogP contribution in [0.25, 0.3) is 0 Å². The van der Waals surface area contributed by atoms with E-state index in [2.05, 4.69) is 15.2 Å². The number of ether oxygens (including phenoxy) is 2. The molecule has 0 bridgehead atoms. The number of carbonyl (C=O) groups is 2. The highest BCUT2D eigenvalue weighted by molar-refractivity contribution is 7.99. The third-order valence-corrected chi connectivity index (χ3v) is 7.13. The Labute approximate surface area is 208 Å². The van der Waals surface area contributed by atoms with Gasteiger partial charge in [0.25, 0.3) is 0 Å². The third-order valence-electron chi connectivity index (χ3n) is 6.21. The summed E-state index contributed by atoms with van der Waals surface area (Å²) in [5.41, 5.74) is 1.23. The van der Waals surface area contributed by atoms with Crippen molar-refractivity contribution < 1.29 is 19.1 Å². The van der Waals surface area contributed by atoms with Crippen LogP contribution in [0, 0.1) is 5.92 Å². The Kier molecular flexibility index (Phi) is 12.3. The molecule has 1 aliphatic carbocycles. The number of rotatable bonds is 13. The van der Waals surface area contributed by atoms with Crippen molar-refractivity contribution in [3.8, 4) is 5.88 Å². The number of likely N-dealkylation sites (tertiary alicyclic amines) is 1. The highest BCUT2D eigenvalue weighted by Crippen LogP contribution is 2.24. The molecule has 34 heavy (non-hydrogen) atoms. The summed E-state index contributed by atoms with van der Waals surface area (Å²) in [4.78, 5) is 30.7. The molecule has 0 radical (unpaired) electrons. The van der Waals surface area contributed by atoms with Gasteiger partial charge in [0.2, 0.25) is 11.8 Å². The van der Waals surface area contributed by atoms with Crippen molar-refractivity contribution in [2.45, 2.75) is 57.9 Å². The van der Waals surface area contributed by atoms with E-state index < -0.39 is 0 Å². The number of hydrogen-bond donors (Lipinski definition) is 1. The Balaban J connectivity index is 1.19. The van der Waals surface area contributed by atoms with E-state index in [0.29, 0.717) is 37.1 Å². The van der Waals surface area contributed by atoms with Gasteiger partial charge in [0, 0.05) is 31.1 Å². The van der Waals surface area contributed by atoms with Crippen molar-refractivity contribution in [2.75, 3.05) is 44.4 Å². The smallest absolute Gasteiger partial charge is 0.308 e. The molecular formula is C26H39N3O4S. The van der Waals surface area contributed by atoms with Crippen LogP contribution in [0.1, 0.15) is 56.9 Å². The van der Waals surface area contributed by atoms with Crippen LogP contribution in [0.3, 0.4) is 0 Å². The fourth-order valence-corrected chi connectivity index (χ4v) is 4.97. The van der Waals surface area contributed by atoms with Crippen molar-refractivity contribution in [3.63, 3.8) is 0 Å². The predicted octanol–water partition coefficient (Wildman–Crippen LogP) is 3.98. The highest BCUT2D eigenvalue weighted by atomic mass is 32.2. The summed E-state index contributed by atoms with van der Waals surface area (Å²) in [5.74, 6) is 1.61. The summed E-state index contributed by atoms with van der Waals surface area (Å²) in [5, 5.41) is 2.86. The first-order valence-electron chi connectivity index (χ1n) is 12.7. The van der Waals surface area contributed by atoms with Crippen LogP contribution in [0.15, 0.2) is 30.5 Å². The van der Waals surface area contributed by atoms with Crippen LogP contribution in [0.4, 0.5) is 0 Å². The van der Waals surface area contributed by atoms with Crippen molar-refractivity contribution in [2.24, 2.45) is 5.92 Å². The van der Waals surface area contributed by atoms with Crippen molar-refractivity contribution in [1.82, 2.24) is 15.2 Å². The molecule has 0 aromatic carbocycles. The molecule has 1 N–H and O–H groups in total. The molecular weight excluding hydrogens is 450 g/mol. The first kappa shape index (κ1) is 26.5. The van der Waals surface area contributed by atoms with Crippen LogP contribution in [0.2, 0.25) is 0 Å². The molecule has 7 nitrogen and oxygen atoms in total. The maximum absolute atomic E-state index is 12.0. The SMILES string of the molecule is O=C(CSCCOC(=O)C1CCCCC1)NC/C=C\COc1cc(CN2CCCCC2)ccn1. The Hall–Kier alpha value is -2.06. The third kappa shape index (κ3) is 10.5. The van der Waals surface area contributed by atoms with E-state index >= 15 is 0 Å². The van der Waals surface area contributed by atoms with Crippen LogP contribution in [-0.4, -0.2) is 66.1 Å². The lowest BCUT2D eigenvalue weighted by Gasteiger charge is -2.26. The number of thioether (sulfide) groups is 1. The second-order valence-corrected chi connectivity index (χ2v) is 10.1. The molecule has 0 unspecified atom stereocenters. The zero-order valence-electron chi connectivity index (χ0n) is 20.2. The summed E-state index contributed by atoms with van der Waals surface area (Å²) >= 11 is 1.48. The lowest BCUT2D eigenvalue weighted by Crippen LogP contribution is -2.29. The highest BCUT2D eigenvalue weighted by Gasteiger charge is 2.22. The lowest BCUT2D eigenvalue weighted by molar-refractivity contribution is -0.148. The fraction of sp³-hybridized carbons (Fsp3) is 0.654. The quantitative estimate of drug-likeness (QED) is 0.255.